The first kappa shape index (κ1) is 4.01. The van der Waals surface area contributed by atoms with E-state index in [0.29, 0.717) is 6.04 Å². The highest BCUT2D eigenvalue weighted by molar-refractivity contribution is 7.16. The fraction of sp³-hybridized carbons (Fsp3) is 0. The molecule has 0 aliphatic heterocycles. The minimum absolute atomic E-state index is 0.553. The van der Waals surface area contributed by atoms with Crippen LogP contribution >= 0.6 is 11.3 Å². The van der Waals surface area contributed by atoms with Gasteiger partial charge in [0.1, 0.15) is 0 Å². The largest absolute Gasteiger partial charge is 0.245 e. The Morgan fingerprint density at radius 3 is 3.56 bits per heavy atom. The predicted octanol–water partition coefficient (Wildman–Crippen LogP) is 2.30. The second kappa shape index (κ2) is 1.81. The van der Waals surface area contributed by atoms with Crippen molar-refractivity contribution in [2.45, 2.75) is 0 Å². The van der Waals surface area contributed by atoms with E-state index in [-0.39, 0.29) is 0 Å². The zero-order valence-corrected chi connectivity index (χ0v) is 5.48. The molecule has 44 valence electrons. The molecular formula is C7H5NS. The van der Waals surface area contributed by atoms with Gasteiger partial charge in [-0.1, -0.05) is 12.1 Å². The quantitative estimate of drug-likeness (QED) is 0.541. The molecule has 2 heteroatoms. The van der Waals surface area contributed by atoms with Gasteiger partial charge in [0.25, 0.3) is 0 Å². The smallest absolute Gasteiger partial charge is 0.0812 e. The van der Waals surface area contributed by atoms with Crippen LogP contribution < -0.4 is 0 Å². The zero-order chi connectivity index (χ0) is 6.97. The van der Waals surface area contributed by atoms with E-state index < -0.39 is 0 Å². The number of para-hydroxylation sites is 1. The van der Waals surface area contributed by atoms with E-state index in [1.54, 1.807) is 22.9 Å². The van der Waals surface area contributed by atoms with Crippen LogP contribution in [0.4, 0.5) is 0 Å². The van der Waals surface area contributed by atoms with Crippen LogP contribution in [0.15, 0.2) is 29.8 Å². The maximum atomic E-state index is 7.29. The molecule has 2 rings (SSSR count). The van der Waals surface area contributed by atoms with Crippen molar-refractivity contribution >= 4 is 21.6 Å². The monoisotopic (exact) mass is 136 g/mol. The van der Waals surface area contributed by atoms with Crippen molar-refractivity contribution in [3.8, 4) is 0 Å². The molecule has 0 spiro atoms. The fourth-order valence-corrected chi connectivity index (χ4v) is 1.41. The number of hydrogen-bond acceptors (Lipinski definition) is 2. The van der Waals surface area contributed by atoms with Crippen LogP contribution in [0, 0.1) is 0 Å². The van der Waals surface area contributed by atoms with Gasteiger partial charge >= 0.3 is 0 Å². The molecule has 0 aliphatic rings. The lowest BCUT2D eigenvalue weighted by atomic mass is 10.3. The van der Waals surface area contributed by atoms with Gasteiger partial charge in [0.15, 0.2) is 0 Å². The number of nitrogens with zero attached hydrogens (tertiary/aromatic N) is 1. The summed E-state index contributed by atoms with van der Waals surface area (Å²) in [4.78, 5) is 4.10. The summed E-state index contributed by atoms with van der Waals surface area (Å²) in [5.41, 5.74) is 2.78. The van der Waals surface area contributed by atoms with Gasteiger partial charge < -0.3 is 0 Å². The van der Waals surface area contributed by atoms with Gasteiger partial charge in [-0.2, -0.15) is 0 Å². The maximum Gasteiger partial charge on any atom is 0.0812 e. The van der Waals surface area contributed by atoms with Gasteiger partial charge in [0.05, 0.1) is 17.1 Å². The molecule has 0 unspecified atom stereocenters. The molecule has 0 fully saturated rings. The summed E-state index contributed by atoms with van der Waals surface area (Å²) >= 11 is 1.57. The van der Waals surface area contributed by atoms with E-state index in [1.165, 1.54) is 0 Å². The first-order chi connectivity index (χ1) is 4.86. The Morgan fingerprint density at radius 2 is 2.56 bits per heavy atom. The van der Waals surface area contributed by atoms with Crippen LogP contribution in [0.2, 0.25) is 0 Å². The van der Waals surface area contributed by atoms with E-state index >= 15 is 0 Å². The van der Waals surface area contributed by atoms with Crippen molar-refractivity contribution in [2.24, 2.45) is 0 Å². The molecule has 2 aromatic rings. The Balaban J connectivity index is 2.86. The number of thiazole rings is 1. The minimum atomic E-state index is 0.553. The Morgan fingerprint density at radius 1 is 1.56 bits per heavy atom. The van der Waals surface area contributed by atoms with Crippen LogP contribution in [0.1, 0.15) is 1.37 Å². The third kappa shape index (κ3) is 0.715. The van der Waals surface area contributed by atoms with Crippen molar-refractivity contribution in [2.75, 3.05) is 0 Å². The average molecular weight is 136 g/mol. The Bertz CT molecular complexity index is 355. The molecule has 0 saturated carbocycles. The molecule has 0 amide bonds. The van der Waals surface area contributed by atoms with E-state index in [0.717, 1.165) is 10.2 Å². The van der Waals surface area contributed by atoms with Crippen molar-refractivity contribution in [1.29, 1.82) is 0 Å². The molecule has 0 atom stereocenters. The minimum Gasteiger partial charge on any atom is -0.245 e. The SMILES string of the molecule is [2H]c1ccc2ncsc2c1. The van der Waals surface area contributed by atoms with E-state index in [9.17, 15) is 0 Å². The topological polar surface area (TPSA) is 12.9 Å². The molecule has 0 aliphatic carbocycles. The average Bonchev–Trinajstić information content (AvgIpc) is 2.33. The first-order valence-electron chi connectivity index (χ1n) is 3.16. The van der Waals surface area contributed by atoms with Crippen molar-refractivity contribution in [1.82, 2.24) is 4.98 Å². The molecule has 0 bridgehead atoms. The van der Waals surface area contributed by atoms with Gasteiger partial charge in [-0.3, -0.25) is 0 Å². The number of rotatable bonds is 0. The van der Waals surface area contributed by atoms with Crippen molar-refractivity contribution in [3.05, 3.63) is 29.8 Å². The van der Waals surface area contributed by atoms with Gasteiger partial charge in [-0.15, -0.1) is 11.3 Å². The summed E-state index contributed by atoms with van der Waals surface area (Å²) in [7, 11) is 0. The third-order valence-corrected chi connectivity index (χ3v) is 1.97. The molecule has 0 radical (unpaired) electrons. The van der Waals surface area contributed by atoms with Crippen LogP contribution in [0.25, 0.3) is 10.2 Å². The van der Waals surface area contributed by atoms with Crippen LogP contribution in [0.3, 0.4) is 0 Å². The second-order valence-corrected chi connectivity index (χ2v) is 2.63. The van der Waals surface area contributed by atoms with Gasteiger partial charge in [0, 0.05) is 0 Å². The van der Waals surface area contributed by atoms with E-state index in [1.807, 2.05) is 12.1 Å². The van der Waals surface area contributed by atoms with Crippen molar-refractivity contribution < 1.29 is 1.37 Å². The van der Waals surface area contributed by atoms with E-state index in [2.05, 4.69) is 4.98 Å². The lowest BCUT2D eigenvalue weighted by molar-refractivity contribution is 1.50. The normalized spacial score (nSPS) is 11.8. The highest BCUT2D eigenvalue weighted by atomic mass is 32.1. The molecule has 0 N–H and O–H groups in total. The van der Waals surface area contributed by atoms with Crippen LogP contribution in [-0.2, 0) is 0 Å². The van der Waals surface area contributed by atoms with E-state index in [4.69, 9.17) is 1.37 Å². The first-order valence-corrected chi connectivity index (χ1v) is 3.54. The second-order valence-electron chi connectivity index (χ2n) is 1.75. The molecule has 1 aromatic heterocycles. The highest BCUT2D eigenvalue weighted by Crippen LogP contribution is 2.15. The number of benzene rings is 1. The standard InChI is InChI=1S/C7H5NS/c1-2-4-7-6(3-1)8-5-9-7/h1-5H/i2D. The molecule has 1 aromatic carbocycles. The summed E-state index contributed by atoms with van der Waals surface area (Å²) in [6, 6.07) is 6.00. The maximum absolute atomic E-state index is 7.29. The molecule has 1 nitrogen and oxygen atoms in total. The van der Waals surface area contributed by atoms with Gasteiger partial charge in [-0.25, -0.2) is 4.98 Å². The van der Waals surface area contributed by atoms with Gasteiger partial charge in [0.2, 0.25) is 0 Å². The fourth-order valence-electron chi connectivity index (χ4n) is 0.748. The lowest BCUT2D eigenvalue weighted by Crippen LogP contribution is -1.61. The summed E-state index contributed by atoms with van der Waals surface area (Å²) in [5, 5.41) is 0. The van der Waals surface area contributed by atoms with Crippen molar-refractivity contribution in [3.63, 3.8) is 0 Å². The predicted molar refractivity (Wildman–Crippen MR) is 39.6 cm³/mol. The molecule has 9 heavy (non-hydrogen) atoms. The van der Waals surface area contributed by atoms with Crippen LogP contribution in [-0.4, -0.2) is 4.98 Å². The Kier molecular flexibility index (Phi) is 0.807. The molecule has 0 saturated heterocycles. The third-order valence-electron chi connectivity index (χ3n) is 1.18. The summed E-state index contributed by atoms with van der Waals surface area (Å²) in [6.45, 7) is 0. The van der Waals surface area contributed by atoms with Gasteiger partial charge in [-0.05, 0) is 12.1 Å². The zero-order valence-electron chi connectivity index (χ0n) is 5.66. The summed E-state index contributed by atoms with van der Waals surface area (Å²) in [5.74, 6) is 0. The Labute approximate surface area is 58.4 Å². The molecular weight excluding hydrogens is 130 g/mol. The number of fused-ring (bicyclic) bond motifs is 1. The number of aromatic nitrogens is 1. The summed E-state index contributed by atoms with van der Waals surface area (Å²) in [6.07, 6.45) is 0. The lowest BCUT2D eigenvalue weighted by Gasteiger charge is -1.80. The Hall–Kier alpha value is -0.890. The van der Waals surface area contributed by atoms with Crippen LogP contribution in [0.5, 0.6) is 0 Å². The highest BCUT2D eigenvalue weighted by Gasteiger charge is 1.89. The number of hydrogen-bond donors (Lipinski definition) is 0. The molecule has 1 heterocycles. The summed E-state index contributed by atoms with van der Waals surface area (Å²) < 4.78 is 8.38.